The van der Waals surface area contributed by atoms with Gasteiger partial charge in [0.25, 0.3) is 5.91 Å². The summed E-state index contributed by atoms with van der Waals surface area (Å²) < 4.78 is 0. The standard InChI is InChI=1S/C30H51N5O6/c1-28(2,3)23(33-27(40)34-30(6)13-8-7-9-14-30)26(39)35-17-19(29(4,5)41)16-21(35)25(38)32-20(22(36)24(31)37)15-18-11-10-12-18/h18-21,23,41H,7-17H2,1-6H3,(H2,31,37)(H,32,38)(H2,33,34,40)/t19-,20?,21+,23-/m1/s1. The normalized spacial score (nSPS) is 24.5. The van der Waals surface area contributed by atoms with Crippen molar-refractivity contribution < 1.29 is 29.1 Å². The van der Waals surface area contributed by atoms with E-state index in [1.54, 1.807) is 13.8 Å². The maximum absolute atomic E-state index is 14.1. The third kappa shape index (κ3) is 8.42. The molecule has 11 nitrogen and oxygen atoms in total. The van der Waals surface area contributed by atoms with Gasteiger partial charge in [0.15, 0.2) is 0 Å². The number of urea groups is 1. The molecular weight excluding hydrogens is 526 g/mol. The Kier molecular flexibility index (Phi) is 10.1. The van der Waals surface area contributed by atoms with Gasteiger partial charge in [-0.2, -0.15) is 0 Å². The van der Waals surface area contributed by atoms with Gasteiger partial charge in [-0.15, -0.1) is 0 Å². The lowest BCUT2D eigenvalue weighted by Gasteiger charge is -2.38. The van der Waals surface area contributed by atoms with Crippen LogP contribution in [0.4, 0.5) is 4.79 Å². The molecule has 1 unspecified atom stereocenters. The Morgan fingerprint density at radius 3 is 2.07 bits per heavy atom. The zero-order valence-corrected chi connectivity index (χ0v) is 25.7. The molecular formula is C30H51N5O6. The third-order valence-corrected chi connectivity index (χ3v) is 9.32. The molecule has 3 aliphatic rings. The van der Waals surface area contributed by atoms with Gasteiger partial charge in [-0.1, -0.05) is 59.3 Å². The number of carbonyl (C=O) groups is 5. The van der Waals surface area contributed by atoms with Gasteiger partial charge in [-0.05, 0) is 57.8 Å². The molecule has 232 valence electrons. The number of hydrogen-bond donors (Lipinski definition) is 5. The number of ketones is 1. The molecule has 6 N–H and O–H groups in total. The van der Waals surface area contributed by atoms with E-state index in [1.807, 2.05) is 27.7 Å². The summed E-state index contributed by atoms with van der Waals surface area (Å²) in [4.78, 5) is 66.7. The van der Waals surface area contributed by atoms with Gasteiger partial charge in [-0.3, -0.25) is 19.2 Å². The molecule has 0 aromatic rings. The highest BCUT2D eigenvalue weighted by Gasteiger charge is 2.49. The number of aliphatic hydroxyl groups is 1. The average molecular weight is 578 g/mol. The summed E-state index contributed by atoms with van der Waals surface area (Å²) in [5.74, 6) is -3.19. The van der Waals surface area contributed by atoms with Crippen LogP contribution in [-0.2, 0) is 19.2 Å². The molecule has 0 aromatic carbocycles. The second-order valence-electron chi connectivity index (χ2n) is 14.4. The number of likely N-dealkylation sites (tertiary alicyclic amines) is 1. The topological polar surface area (TPSA) is 171 Å². The van der Waals surface area contributed by atoms with Crippen LogP contribution in [0.3, 0.4) is 0 Å². The largest absolute Gasteiger partial charge is 0.390 e. The Balaban J connectivity index is 1.82. The first-order valence-electron chi connectivity index (χ1n) is 15.2. The predicted octanol–water partition coefficient (Wildman–Crippen LogP) is 2.14. The first-order valence-corrected chi connectivity index (χ1v) is 15.2. The van der Waals surface area contributed by atoms with Crippen molar-refractivity contribution >= 4 is 29.5 Å². The third-order valence-electron chi connectivity index (χ3n) is 9.32. The molecule has 0 aromatic heterocycles. The Morgan fingerprint density at radius 1 is 0.976 bits per heavy atom. The Morgan fingerprint density at radius 2 is 1.59 bits per heavy atom. The summed E-state index contributed by atoms with van der Waals surface area (Å²) in [7, 11) is 0. The number of amides is 5. The van der Waals surface area contributed by atoms with Crippen LogP contribution in [0.5, 0.6) is 0 Å². The van der Waals surface area contributed by atoms with E-state index >= 15 is 0 Å². The minimum absolute atomic E-state index is 0.102. The van der Waals surface area contributed by atoms with Crippen molar-refractivity contribution in [2.75, 3.05) is 6.54 Å². The zero-order valence-electron chi connectivity index (χ0n) is 25.7. The molecule has 41 heavy (non-hydrogen) atoms. The van der Waals surface area contributed by atoms with E-state index < -0.39 is 64.6 Å². The van der Waals surface area contributed by atoms with Crippen LogP contribution in [0.1, 0.15) is 106 Å². The molecule has 2 aliphatic carbocycles. The molecule has 2 saturated carbocycles. The van der Waals surface area contributed by atoms with Gasteiger partial charge in [0.05, 0.1) is 11.6 Å². The highest BCUT2D eigenvalue weighted by Crippen LogP contribution is 2.35. The maximum Gasteiger partial charge on any atom is 0.315 e. The van der Waals surface area contributed by atoms with Gasteiger partial charge in [0.2, 0.25) is 17.6 Å². The van der Waals surface area contributed by atoms with Gasteiger partial charge >= 0.3 is 6.03 Å². The van der Waals surface area contributed by atoms with Gasteiger partial charge in [0.1, 0.15) is 12.1 Å². The van der Waals surface area contributed by atoms with Crippen LogP contribution in [0.15, 0.2) is 0 Å². The fraction of sp³-hybridized carbons (Fsp3) is 0.833. The second-order valence-corrected chi connectivity index (χ2v) is 14.4. The molecule has 1 saturated heterocycles. The Labute approximate surface area is 244 Å². The summed E-state index contributed by atoms with van der Waals surface area (Å²) in [6.45, 7) is 10.9. The predicted molar refractivity (Wildman–Crippen MR) is 154 cm³/mol. The molecule has 0 bridgehead atoms. The van der Waals surface area contributed by atoms with Crippen LogP contribution >= 0.6 is 0 Å². The Hall–Kier alpha value is -2.69. The van der Waals surface area contributed by atoms with E-state index in [4.69, 9.17) is 5.73 Å². The maximum atomic E-state index is 14.1. The summed E-state index contributed by atoms with van der Waals surface area (Å²) in [6.07, 6.45) is 8.25. The molecule has 1 aliphatic heterocycles. The van der Waals surface area contributed by atoms with Crippen molar-refractivity contribution in [3.63, 3.8) is 0 Å². The van der Waals surface area contributed by atoms with Gasteiger partial charge < -0.3 is 31.7 Å². The second kappa shape index (κ2) is 12.7. The number of hydrogen-bond acceptors (Lipinski definition) is 6. The first kappa shape index (κ1) is 32.8. The smallest absolute Gasteiger partial charge is 0.315 e. The number of carbonyl (C=O) groups excluding carboxylic acids is 5. The van der Waals surface area contributed by atoms with E-state index in [2.05, 4.69) is 16.0 Å². The lowest BCUT2D eigenvalue weighted by atomic mass is 9.80. The number of nitrogens with two attached hydrogens (primary N) is 1. The van der Waals surface area contributed by atoms with Crippen molar-refractivity contribution in [2.45, 2.75) is 135 Å². The lowest BCUT2D eigenvalue weighted by Crippen LogP contribution is -2.61. The highest BCUT2D eigenvalue weighted by atomic mass is 16.3. The van der Waals surface area contributed by atoms with Crippen LogP contribution in [0, 0.1) is 17.3 Å². The summed E-state index contributed by atoms with van der Waals surface area (Å²) >= 11 is 0. The molecule has 4 atom stereocenters. The quantitative estimate of drug-likeness (QED) is 0.249. The number of Topliss-reactive ketones (excluding diaryl/α,β-unsaturated/α-hetero) is 1. The first-order chi connectivity index (χ1) is 18.9. The minimum Gasteiger partial charge on any atom is -0.390 e. The Bertz CT molecular complexity index is 1010. The fourth-order valence-electron chi connectivity index (χ4n) is 6.29. The zero-order chi connectivity index (χ0) is 30.8. The molecule has 0 radical (unpaired) electrons. The van der Waals surface area contributed by atoms with Crippen molar-refractivity contribution in [1.29, 1.82) is 0 Å². The summed E-state index contributed by atoms with van der Waals surface area (Å²) in [6, 6.07) is -3.45. The number of nitrogens with one attached hydrogen (secondary N) is 3. The molecule has 1 heterocycles. The van der Waals surface area contributed by atoms with Crippen LogP contribution in [0.2, 0.25) is 0 Å². The lowest BCUT2D eigenvalue weighted by molar-refractivity contribution is -0.143. The molecule has 3 fully saturated rings. The SMILES string of the molecule is CC1(NC(=O)N[C@H](C(=O)N2C[C@H](C(C)(C)O)C[C@H]2C(=O)NC(CC2CCC2)C(=O)C(N)=O)C(C)(C)C)CCCCC1. The van der Waals surface area contributed by atoms with Crippen LogP contribution < -0.4 is 21.7 Å². The van der Waals surface area contributed by atoms with E-state index in [9.17, 15) is 29.1 Å². The number of primary amides is 1. The van der Waals surface area contributed by atoms with Crippen molar-refractivity contribution in [3.8, 4) is 0 Å². The summed E-state index contributed by atoms with van der Waals surface area (Å²) in [5, 5.41) is 19.5. The van der Waals surface area contributed by atoms with E-state index in [1.165, 1.54) is 4.90 Å². The molecule has 0 spiro atoms. The highest BCUT2D eigenvalue weighted by molar-refractivity contribution is 6.37. The number of rotatable bonds is 10. The average Bonchev–Trinajstić information content (AvgIpc) is 3.29. The minimum atomic E-state index is -1.18. The number of nitrogens with zero attached hydrogens (tertiary/aromatic N) is 1. The monoisotopic (exact) mass is 577 g/mol. The van der Waals surface area contributed by atoms with Crippen LogP contribution in [0.25, 0.3) is 0 Å². The van der Waals surface area contributed by atoms with Crippen LogP contribution in [-0.4, -0.2) is 75.4 Å². The molecule has 11 heteroatoms. The van der Waals surface area contributed by atoms with Gasteiger partial charge in [-0.25, -0.2) is 4.79 Å². The van der Waals surface area contributed by atoms with Crippen molar-refractivity contribution in [3.05, 3.63) is 0 Å². The van der Waals surface area contributed by atoms with Crippen molar-refractivity contribution in [1.82, 2.24) is 20.9 Å². The molecule has 5 amide bonds. The van der Waals surface area contributed by atoms with E-state index in [0.717, 1.165) is 51.4 Å². The van der Waals surface area contributed by atoms with Gasteiger partial charge in [0, 0.05) is 18.0 Å². The summed E-state index contributed by atoms with van der Waals surface area (Å²) in [5.41, 5.74) is 3.06. The fourth-order valence-corrected chi connectivity index (χ4v) is 6.29. The van der Waals surface area contributed by atoms with Crippen molar-refractivity contribution in [2.24, 2.45) is 23.0 Å². The molecule has 3 rings (SSSR count). The van der Waals surface area contributed by atoms with E-state index in [0.29, 0.717) is 6.42 Å². The van der Waals surface area contributed by atoms with E-state index in [-0.39, 0.29) is 24.4 Å².